The Balaban J connectivity index is 1.56. The highest BCUT2D eigenvalue weighted by molar-refractivity contribution is 6.06. The zero-order valence-corrected chi connectivity index (χ0v) is 17.1. The zero-order valence-electron chi connectivity index (χ0n) is 17.1. The van der Waals surface area contributed by atoms with Crippen LogP contribution < -0.4 is 15.1 Å². The second-order valence-corrected chi connectivity index (χ2v) is 7.42. The van der Waals surface area contributed by atoms with Gasteiger partial charge in [-0.2, -0.15) is 0 Å². The minimum atomic E-state index is -1.11. The molecule has 1 saturated heterocycles. The van der Waals surface area contributed by atoms with Crippen LogP contribution in [-0.2, 0) is 0 Å². The molecule has 0 spiro atoms. The third-order valence-electron chi connectivity index (χ3n) is 5.41. The number of amides is 1. The Kier molecular flexibility index (Phi) is 6.02. The molecule has 8 heteroatoms. The number of nitrogens with zero attached hydrogens (tertiary/aromatic N) is 2. The van der Waals surface area contributed by atoms with Crippen LogP contribution in [0.25, 0.3) is 0 Å². The molecular formula is C24H21F2N3O3. The molecule has 0 saturated carbocycles. The average molecular weight is 437 g/mol. The number of rotatable bonds is 5. The molecule has 3 aromatic carbocycles. The summed E-state index contributed by atoms with van der Waals surface area (Å²) in [5, 5.41) is 12.1. The van der Waals surface area contributed by atoms with E-state index in [1.54, 1.807) is 24.3 Å². The predicted molar refractivity (Wildman–Crippen MR) is 119 cm³/mol. The second kappa shape index (κ2) is 9.05. The maximum atomic E-state index is 14.1. The number of anilines is 3. The number of piperazine rings is 1. The number of para-hydroxylation sites is 1. The van der Waals surface area contributed by atoms with Crippen molar-refractivity contribution in [2.75, 3.05) is 41.3 Å². The summed E-state index contributed by atoms with van der Waals surface area (Å²) in [6.07, 6.45) is 0. The average Bonchev–Trinajstić information content (AvgIpc) is 2.80. The number of carboxylic acid groups (broad SMARTS) is 1. The van der Waals surface area contributed by atoms with Gasteiger partial charge in [0, 0.05) is 31.7 Å². The van der Waals surface area contributed by atoms with Crippen molar-refractivity contribution in [1.82, 2.24) is 0 Å². The van der Waals surface area contributed by atoms with Crippen LogP contribution in [0.15, 0.2) is 66.7 Å². The Hall–Kier alpha value is -3.94. The van der Waals surface area contributed by atoms with Gasteiger partial charge >= 0.3 is 5.97 Å². The van der Waals surface area contributed by atoms with Crippen LogP contribution in [0.3, 0.4) is 0 Å². The van der Waals surface area contributed by atoms with Crippen molar-refractivity contribution in [3.63, 3.8) is 0 Å². The number of carbonyl (C=O) groups is 2. The van der Waals surface area contributed by atoms with Crippen LogP contribution in [0, 0.1) is 11.6 Å². The molecule has 1 fully saturated rings. The van der Waals surface area contributed by atoms with E-state index in [1.807, 2.05) is 9.80 Å². The summed E-state index contributed by atoms with van der Waals surface area (Å²) in [6, 6.07) is 16.2. The van der Waals surface area contributed by atoms with Crippen molar-refractivity contribution in [2.45, 2.75) is 0 Å². The molecule has 0 bridgehead atoms. The number of aromatic carboxylic acids is 1. The second-order valence-electron chi connectivity index (χ2n) is 7.42. The standard InChI is InChI=1S/C24H21F2N3O3/c25-18-8-5-16(6-9-18)23(30)27-20-15-17(24(31)32)7-10-22(20)29-13-11-28(12-14-29)21-4-2-1-3-19(21)26/h1-10,15H,11-14H2,(H,27,30)(H,31,32). The molecule has 32 heavy (non-hydrogen) atoms. The highest BCUT2D eigenvalue weighted by atomic mass is 19.1. The maximum absolute atomic E-state index is 14.1. The number of nitrogens with one attached hydrogen (secondary N) is 1. The predicted octanol–water partition coefficient (Wildman–Crippen LogP) is 4.24. The Morgan fingerprint density at radius 2 is 1.38 bits per heavy atom. The first-order valence-corrected chi connectivity index (χ1v) is 10.1. The Morgan fingerprint density at radius 1 is 0.781 bits per heavy atom. The molecule has 3 aromatic rings. The first-order valence-electron chi connectivity index (χ1n) is 10.1. The highest BCUT2D eigenvalue weighted by Crippen LogP contribution is 2.30. The summed E-state index contributed by atoms with van der Waals surface area (Å²) < 4.78 is 27.3. The highest BCUT2D eigenvalue weighted by Gasteiger charge is 2.23. The van der Waals surface area contributed by atoms with Crippen LogP contribution in [0.5, 0.6) is 0 Å². The molecule has 0 unspecified atom stereocenters. The van der Waals surface area contributed by atoms with Gasteiger partial charge in [-0.05, 0) is 54.6 Å². The third-order valence-corrected chi connectivity index (χ3v) is 5.41. The molecule has 1 aliphatic heterocycles. The summed E-state index contributed by atoms with van der Waals surface area (Å²) in [5.41, 5.74) is 1.84. The minimum absolute atomic E-state index is 0.0353. The molecule has 164 valence electrons. The quantitative estimate of drug-likeness (QED) is 0.625. The number of hydrogen-bond acceptors (Lipinski definition) is 4. The van der Waals surface area contributed by atoms with Gasteiger partial charge in [-0.3, -0.25) is 4.79 Å². The molecule has 0 aromatic heterocycles. The van der Waals surface area contributed by atoms with Crippen LogP contribution >= 0.6 is 0 Å². The van der Waals surface area contributed by atoms with E-state index in [4.69, 9.17) is 0 Å². The molecule has 0 aliphatic carbocycles. The van der Waals surface area contributed by atoms with Crippen LogP contribution in [0.2, 0.25) is 0 Å². The summed E-state index contributed by atoms with van der Waals surface area (Å²) in [4.78, 5) is 28.1. The Morgan fingerprint density at radius 3 is 2.00 bits per heavy atom. The lowest BCUT2D eigenvalue weighted by Gasteiger charge is -2.38. The fraction of sp³-hybridized carbons (Fsp3) is 0.167. The van der Waals surface area contributed by atoms with Gasteiger partial charge in [-0.15, -0.1) is 0 Å². The normalized spacial score (nSPS) is 13.7. The zero-order chi connectivity index (χ0) is 22.7. The fourth-order valence-electron chi connectivity index (χ4n) is 3.74. The molecule has 1 aliphatic rings. The van der Waals surface area contributed by atoms with E-state index >= 15 is 0 Å². The van der Waals surface area contributed by atoms with E-state index in [1.165, 1.54) is 42.5 Å². The largest absolute Gasteiger partial charge is 0.478 e. The summed E-state index contributed by atoms with van der Waals surface area (Å²) >= 11 is 0. The minimum Gasteiger partial charge on any atom is -0.478 e. The Labute approximate surface area is 183 Å². The van der Waals surface area contributed by atoms with Gasteiger partial charge < -0.3 is 20.2 Å². The lowest BCUT2D eigenvalue weighted by molar-refractivity contribution is 0.0696. The van der Waals surface area contributed by atoms with Crippen LogP contribution in [-0.4, -0.2) is 43.2 Å². The van der Waals surface area contributed by atoms with E-state index < -0.39 is 17.7 Å². The van der Waals surface area contributed by atoms with E-state index in [0.29, 0.717) is 43.2 Å². The molecule has 1 heterocycles. The van der Waals surface area contributed by atoms with Gasteiger partial charge in [0.25, 0.3) is 5.91 Å². The van der Waals surface area contributed by atoms with E-state index in [0.717, 1.165) is 0 Å². The Bertz CT molecular complexity index is 1140. The van der Waals surface area contributed by atoms with E-state index in [2.05, 4.69) is 5.32 Å². The van der Waals surface area contributed by atoms with Crippen molar-refractivity contribution in [2.24, 2.45) is 0 Å². The molecule has 0 radical (unpaired) electrons. The van der Waals surface area contributed by atoms with Gasteiger partial charge in [-0.25, -0.2) is 13.6 Å². The molecule has 0 atom stereocenters. The number of benzene rings is 3. The summed E-state index contributed by atoms with van der Waals surface area (Å²) in [5.74, 6) is -2.32. The van der Waals surface area contributed by atoms with Gasteiger partial charge in [0.2, 0.25) is 0 Å². The topological polar surface area (TPSA) is 72.9 Å². The van der Waals surface area contributed by atoms with Crippen molar-refractivity contribution < 1.29 is 23.5 Å². The monoisotopic (exact) mass is 437 g/mol. The van der Waals surface area contributed by atoms with Crippen LogP contribution in [0.4, 0.5) is 25.8 Å². The molecular weight excluding hydrogens is 416 g/mol. The third kappa shape index (κ3) is 4.54. The van der Waals surface area contributed by atoms with Crippen molar-refractivity contribution in [3.05, 3.63) is 89.5 Å². The first-order chi connectivity index (χ1) is 15.4. The van der Waals surface area contributed by atoms with E-state index in [-0.39, 0.29) is 16.9 Å². The molecule has 2 N–H and O–H groups in total. The van der Waals surface area contributed by atoms with Gasteiger partial charge in [0.1, 0.15) is 11.6 Å². The van der Waals surface area contributed by atoms with Gasteiger partial charge in [0.05, 0.1) is 22.6 Å². The number of carbonyl (C=O) groups excluding carboxylic acids is 1. The van der Waals surface area contributed by atoms with Crippen molar-refractivity contribution in [1.29, 1.82) is 0 Å². The first kappa shape index (κ1) is 21.3. The summed E-state index contributed by atoms with van der Waals surface area (Å²) in [7, 11) is 0. The lowest BCUT2D eigenvalue weighted by Crippen LogP contribution is -2.47. The molecule has 4 rings (SSSR count). The van der Waals surface area contributed by atoms with Gasteiger partial charge in [-0.1, -0.05) is 12.1 Å². The smallest absolute Gasteiger partial charge is 0.335 e. The maximum Gasteiger partial charge on any atom is 0.335 e. The molecule has 6 nitrogen and oxygen atoms in total. The van der Waals surface area contributed by atoms with Crippen LogP contribution in [0.1, 0.15) is 20.7 Å². The SMILES string of the molecule is O=C(O)c1ccc(N2CCN(c3ccccc3F)CC2)c(NC(=O)c2ccc(F)cc2)c1. The van der Waals surface area contributed by atoms with Crippen molar-refractivity contribution >= 4 is 28.9 Å². The number of halogens is 2. The van der Waals surface area contributed by atoms with Gasteiger partial charge in [0.15, 0.2) is 0 Å². The van der Waals surface area contributed by atoms with E-state index in [9.17, 15) is 23.5 Å². The number of hydrogen-bond donors (Lipinski definition) is 2. The number of carboxylic acids is 1. The lowest BCUT2D eigenvalue weighted by atomic mass is 10.1. The molecule has 1 amide bonds. The summed E-state index contributed by atoms with van der Waals surface area (Å²) in [6.45, 7) is 2.24. The van der Waals surface area contributed by atoms with Crippen molar-refractivity contribution in [3.8, 4) is 0 Å². The fourth-order valence-corrected chi connectivity index (χ4v) is 3.74.